The quantitative estimate of drug-likeness (QED) is 0.285. The van der Waals surface area contributed by atoms with Gasteiger partial charge >= 0.3 is 6.09 Å². The molecule has 0 bridgehead atoms. The van der Waals surface area contributed by atoms with Gasteiger partial charge in [0, 0.05) is 40.7 Å². The number of fused-ring (bicyclic) bond motifs is 2. The van der Waals surface area contributed by atoms with Crippen LogP contribution in [0.2, 0.25) is 0 Å². The van der Waals surface area contributed by atoms with Crippen molar-refractivity contribution in [3.8, 4) is 11.1 Å². The van der Waals surface area contributed by atoms with Gasteiger partial charge in [-0.25, -0.2) is 14.8 Å². The number of hydrogen-bond acceptors (Lipinski definition) is 6. The van der Waals surface area contributed by atoms with Crippen LogP contribution >= 0.6 is 0 Å². The van der Waals surface area contributed by atoms with Crippen molar-refractivity contribution < 1.29 is 9.53 Å². The fourth-order valence-corrected chi connectivity index (χ4v) is 3.85. The Morgan fingerprint density at radius 1 is 1.03 bits per heavy atom. The lowest BCUT2D eigenvalue weighted by atomic mass is 9.99. The highest BCUT2D eigenvalue weighted by Gasteiger charge is 2.21. The first kappa shape index (κ1) is 22.2. The van der Waals surface area contributed by atoms with Crippen molar-refractivity contribution in [2.45, 2.75) is 26.4 Å². The van der Waals surface area contributed by atoms with E-state index in [9.17, 15) is 4.79 Å². The Morgan fingerprint density at radius 2 is 1.80 bits per heavy atom. The number of imidazole rings is 1. The molecule has 0 saturated heterocycles. The number of hydrogen-bond donors (Lipinski definition) is 3. The van der Waals surface area contributed by atoms with Crippen molar-refractivity contribution in [3.63, 3.8) is 0 Å². The molecule has 8 nitrogen and oxygen atoms in total. The van der Waals surface area contributed by atoms with E-state index in [2.05, 4.69) is 25.3 Å². The van der Waals surface area contributed by atoms with Gasteiger partial charge in [-0.3, -0.25) is 15.7 Å². The Labute approximate surface area is 201 Å². The van der Waals surface area contributed by atoms with E-state index in [0.717, 1.165) is 32.9 Å². The molecule has 3 heterocycles. The van der Waals surface area contributed by atoms with Crippen LogP contribution in [0.3, 0.4) is 0 Å². The van der Waals surface area contributed by atoms with Gasteiger partial charge in [0.25, 0.3) is 0 Å². The predicted molar refractivity (Wildman–Crippen MR) is 137 cm³/mol. The number of anilines is 1. The summed E-state index contributed by atoms with van der Waals surface area (Å²) in [5, 5.41) is 13.7. The first-order valence-corrected chi connectivity index (χ1v) is 11.2. The number of H-pyrrole nitrogens is 1. The third-order valence-corrected chi connectivity index (χ3v) is 5.38. The Bertz CT molecular complexity index is 1540. The lowest BCUT2D eigenvalue weighted by Gasteiger charge is -2.20. The maximum Gasteiger partial charge on any atom is 0.413 e. The molecule has 0 spiro atoms. The normalized spacial score (nSPS) is 11.5. The molecule has 174 valence electrons. The number of amides is 1. The standard InChI is InChI=1S/C27H24N6O2/c1-27(2,3)35-26(34)33-24-19(23(28)25-31-21-10-6-7-11-22(21)32-25)12-17(14-30-24)20-15-29-13-16-8-4-5-9-18(16)20/h4-15,28H,1-3H3,(H,31,32)(H,30,33,34). The molecule has 0 aliphatic carbocycles. The molecule has 0 radical (unpaired) electrons. The van der Waals surface area contributed by atoms with Gasteiger partial charge in [-0.1, -0.05) is 36.4 Å². The number of pyridine rings is 2. The van der Waals surface area contributed by atoms with Crippen molar-refractivity contribution in [2.24, 2.45) is 0 Å². The van der Waals surface area contributed by atoms with Crippen LogP contribution < -0.4 is 5.32 Å². The van der Waals surface area contributed by atoms with E-state index in [1.54, 1.807) is 33.2 Å². The van der Waals surface area contributed by atoms with Crippen LogP contribution in [0.1, 0.15) is 32.2 Å². The number of benzene rings is 2. The molecule has 2 aromatic carbocycles. The molecule has 0 fully saturated rings. The largest absolute Gasteiger partial charge is 0.444 e. The molecule has 0 saturated carbocycles. The Kier molecular flexibility index (Phi) is 5.49. The number of rotatable bonds is 4. The highest BCUT2D eigenvalue weighted by atomic mass is 16.6. The van der Waals surface area contributed by atoms with Crippen LogP contribution in [0.5, 0.6) is 0 Å². The number of ether oxygens (including phenoxy) is 1. The second kappa shape index (κ2) is 8.64. The zero-order chi connectivity index (χ0) is 24.6. The minimum absolute atomic E-state index is 0.0924. The molecule has 8 heteroatoms. The van der Waals surface area contributed by atoms with Crippen molar-refractivity contribution in [1.82, 2.24) is 19.9 Å². The number of nitrogens with zero attached hydrogens (tertiary/aromatic N) is 3. The maximum atomic E-state index is 12.5. The summed E-state index contributed by atoms with van der Waals surface area (Å²) in [4.78, 5) is 29.2. The Hall–Kier alpha value is -4.59. The lowest BCUT2D eigenvalue weighted by molar-refractivity contribution is 0.0635. The topological polar surface area (TPSA) is 117 Å². The van der Waals surface area contributed by atoms with Crippen LogP contribution in [-0.2, 0) is 4.74 Å². The smallest absolute Gasteiger partial charge is 0.413 e. The van der Waals surface area contributed by atoms with E-state index in [4.69, 9.17) is 10.1 Å². The fraction of sp³-hybridized carbons (Fsp3) is 0.148. The molecule has 0 atom stereocenters. The summed E-state index contributed by atoms with van der Waals surface area (Å²) >= 11 is 0. The third kappa shape index (κ3) is 4.59. The van der Waals surface area contributed by atoms with Gasteiger partial charge in [0.2, 0.25) is 0 Å². The van der Waals surface area contributed by atoms with Crippen LogP contribution in [0.25, 0.3) is 32.9 Å². The van der Waals surface area contributed by atoms with E-state index >= 15 is 0 Å². The summed E-state index contributed by atoms with van der Waals surface area (Å²) in [7, 11) is 0. The molecule has 0 aliphatic heterocycles. The molecule has 0 unspecified atom stereocenters. The SMILES string of the molecule is CC(C)(C)OC(=O)Nc1ncc(-c2cncc3ccccc23)cc1C(=N)c1nc2ccccc2[nH]1. The number of aromatic amines is 1. The van der Waals surface area contributed by atoms with Crippen LogP contribution in [0.15, 0.2) is 73.2 Å². The van der Waals surface area contributed by atoms with E-state index in [-0.39, 0.29) is 11.5 Å². The van der Waals surface area contributed by atoms with Crippen LogP contribution in [0.4, 0.5) is 10.6 Å². The van der Waals surface area contributed by atoms with E-state index < -0.39 is 11.7 Å². The second-order valence-corrected chi connectivity index (χ2v) is 9.13. The molecule has 0 aliphatic rings. The number of para-hydroxylation sites is 2. The number of aromatic nitrogens is 4. The van der Waals surface area contributed by atoms with Gasteiger partial charge in [-0.2, -0.15) is 0 Å². The first-order valence-electron chi connectivity index (χ1n) is 11.2. The predicted octanol–water partition coefficient (Wildman–Crippen LogP) is 5.94. The third-order valence-electron chi connectivity index (χ3n) is 5.38. The Balaban J connectivity index is 1.62. The average Bonchev–Trinajstić information content (AvgIpc) is 3.27. The summed E-state index contributed by atoms with van der Waals surface area (Å²) in [5.41, 5.74) is 3.02. The maximum absolute atomic E-state index is 12.5. The van der Waals surface area contributed by atoms with Crippen LogP contribution in [0, 0.1) is 5.41 Å². The Morgan fingerprint density at radius 3 is 2.60 bits per heavy atom. The monoisotopic (exact) mass is 464 g/mol. The highest BCUT2D eigenvalue weighted by molar-refractivity contribution is 6.14. The highest BCUT2D eigenvalue weighted by Crippen LogP contribution is 2.30. The molecular formula is C27H24N6O2. The summed E-state index contributed by atoms with van der Waals surface area (Å²) < 4.78 is 5.41. The molecule has 35 heavy (non-hydrogen) atoms. The molecule has 3 N–H and O–H groups in total. The molecule has 3 aromatic heterocycles. The zero-order valence-corrected chi connectivity index (χ0v) is 19.6. The summed E-state index contributed by atoms with van der Waals surface area (Å²) in [6.07, 6.45) is 4.59. The minimum atomic E-state index is -0.676. The van der Waals surface area contributed by atoms with Gasteiger partial charge < -0.3 is 9.72 Å². The first-order chi connectivity index (χ1) is 16.8. The van der Waals surface area contributed by atoms with Crippen molar-refractivity contribution in [1.29, 1.82) is 5.41 Å². The minimum Gasteiger partial charge on any atom is -0.444 e. The lowest BCUT2D eigenvalue weighted by Crippen LogP contribution is -2.28. The number of nitrogens with one attached hydrogen (secondary N) is 3. The van der Waals surface area contributed by atoms with E-state index in [0.29, 0.717) is 11.4 Å². The summed E-state index contributed by atoms with van der Waals surface area (Å²) in [6.45, 7) is 5.36. The van der Waals surface area contributed by atoms with E-state index in [1.807, 2.05) is 60.8 Å². The van der Waals surface area contributed by atoms with Gasteiger partial charge in [-0.15, -0.1) is 0 Å². The number of carbonyl (C=O) groups is 1. The van der Waals surface area contributed by atoms with Gasteiger partial charge in [0.15, 0.2) is 5.82 Å². The van der Waals surface area contributed by atoms with Crippen molar-refractivity contribution >= 4 is 39.4 Å². The molecular weight excluding hydrogens is 440 g/mol. The van der Waals surface area contributed by atoms with Gasteiger partial charge in [-0.05, 0) is 44.4 Å². The average molecular weight is 465 g/mol. The van der Waals surface area contributed by atoms with Crippen LogP contribution in [-0.4, -0.2) is 37.3 Å². The zero-order valence-electron chi connectivity index (χ0n) is 19.6. The molecule has 5 rings (SSSR count). The van der Waals surface area contributed by atoms with Gasteiger partial charge in [0.05, 0.1) is 11.0 Å². The van der Waals surface area contributed by atoms with Gasteiger partial charge in [0.1, 0.15) is 17.1 Å². The second-order valence-electron chi connectivity index (χ2n) is 9.13. The van der Waals surface area contributed by atoms with E-state index in [1.165, 1.54) is 0 Å². The summed E-state index contributed by atoms with van der Waals surface area (Å²) in [5.74, 6) is 0.579. The molecule has 5 aromatic rings. The molecule has 1 amide bonds. The van der Waals surface area contributed by atoms with Crippen molar-refractivity contribution in [2.75, 3.05) is 5.32 Å². The summed E-state index contributed by atoms with van der Waals surface area (Å²) in [6, 6.07) is 17.3. The van der Waals surface area contributed by atoms with Crippen molar-refractivity contribution in [3.05, 3.63) is 84.6 Å². The number of carbonyl (C=O) groups excluding carboxylic acids is 1. The fourth-order valence-electron chi connectivity index (χ4n) is 3.85.